The van der Waals surface area contributed by atoms with Gasteiger partial charge < -0.3 is 4.74 Å². The van der Waals surface area contributed by atoms with Gasteiger partial charge in [0.1, 0.15) is 5.82 Å². The maximum atomic E-state index is 13.4. The number of aryl methyl sites for hydroxylation is 1. The summed E-state index contributed by atoms with van der Waals surface area (Å²) < 4.78 is 19.9. The number of hydrogen-bond donors (Lipinski definition) is 2. The predicted octanol–water partition coefficient (Wildman–Crippen LogP) is 4.37. The fourth-order valence-corrected chi connectivity index (χ4v) is 3.64. The Balaban J connectivity index is 1.81. The fourth-order valence-electron chi connectivity index (χ4n) is 2.30. The molecule has 1 aromatic heterocycles. The largest absolute Gasteiger partial charge is 0.421 e. The van der Waals surface area contributed by atoms with Gasteiger partial charge in [0.15, 0.2) is 11.4 Å². The summed E-state index contributed by atoms with van der Waals surface area (Å²) >= 11 is 6.67. The summed E-state index contributed by atoms with van der Waals surface area (Å²) in [7, 11) is 0. The molecule has 3 aromatic rings. The van der Waals surface area contributed by atoms with Gasteiger partial charge in [0, 0.05) is 15.7 Å². The van der Waals surface area contributed by atoms with Gasteiger partial charge in [0.2, 0.25) is 0 Å². The molecule has 0 aliphatic rings. The van der Waals surface area contributed by atoms with Crippen molar-refractivity contribution in [2.24, 2.45) is 5.10 Å². The highest BCUT2D eigenvalue weighted by Crippen LogP contribution is 2.32. The number of carbonyl (C=O) groups excluding carboxylic acids is 2. The van der Waals surface area contributed by atoms with E-state index in [9.17, 15) is 14.0 Å². The molecular weight excluding hydrogens is 511 g/mol. The second-order valence-electron chi connectivity index (χ2n) is 5.84. The van der Waals surface area contributed by atoms with Crippen LogP contribution in [0.15, 0.2) is 56.5 Å². The summed E-state index contributed by atoms with van der Waals surface area (Å²) in [6.45, 7) is 1.77. The fraction of sp³-hybridized carbons (Fsp3) is 0.0526. The Morgan fingerprint density at radius 1 is 1.24 bits per heavy atom. The zero-order valence-corrected chi connectivity index (χ0v) is 18.0. The second kappa shape index (κ2) is 9.10. The number of hydrogen-bond acceptors (Lipinski definition) is 5. The highest BCUT2D eigenvalue weighted by atomic mass is 79.9. The molecule has 7 nitrogen and oxygen atoms in total. The first-order valence-corrected chi connectivity index (χ1v) is 9.74. The summed E-state index contributed by atoms with van der Waals surface area (Å²) in [5.74, 6) is -1.63. The van der Waals surface area contributed by atoms with E-state index < -0.39 is 17.7 Å². The van der Waals surface area contributed by atoms with Gasteiger partial charge in [0.25, 0.3) is 5.91 Å². The Kier molecular flexibility index (Phi) is 6.55. The van der Waals surface area contributed by atoms with Crippen LogP contribution in [0.25, 0.3) is 0 Å². The molecule has 29 heavy (non-hydrogen) atoms. The summed E-state index contributed by atoms with van der Waals surface area (Å²) in [6, 6.07) is 10.1. The normalized spacial score (nSPS) is 10.9. The van der Waals surface area contributed by atoms with Crippen LogP contribution in [-0.2, 0) is 0 Å². The first-order valence-electron chi connectivity index (χ1n) is 8.15. The van der Waals surface area contributed by atoms with Gasteiger partial charge in [-0.05, 0) is 59.3 Å². The van der Waals surface area contributed by atoms with Crippen LogP contribution in [0.4, 0.5) is 4.39 Å². The van der Waals surface area contributed by atoms with Crippen molar-refractivity contribution in [3.8, 4) is 5.75 Å². The van der Waals surface area contributed by atoms with Crippen molar-refractivity contribution < 1.29 is 18.7 Å². The first-order chi connectivity index (χ1) is 13.8. The first kappa shape index (κ1) is 20.9. The van der Waals surface area contributed by atoms with Gasteiger partial charge in [-0.2, -0.15) is 10.2 Å². The third kappa shape index (κ3) is 5.36. The number of aromatic amines is 1. The van der Waals surface area contributed by atoms with Crippen molar-refractivity contribution in [2.45, 2.75) is 6.92 Å². The van der Waals surface area contributed by atoms with Crippen molar-refractivity contribution >= 4 is 50.0 Å². The lowest BCUT2D eigenvalue weighted by atomic mass is 10.2. The number of H-pyrrole nitrogens is 1. The van der Waals surface area contributed by atoms with Gasteiger partial charge in [-0.1, -0.05) is 22.0 Å². The Bertz CT molecular complexity index is 1110. The van der Waals surface area contributed by atoms with Gasteiger partial charge >= 0.3 is 5.97 Å². The van der Waals surface area contributed by atoms with Crippen molar-refractivity contribution in [3.63, 3.8) is 0 Å². The molecule has 0 aliphatic carbocycles. The minimum Gasteiger partial charge on any atom is -0.421 e. The number of carbonyl (C=O) groups is 2. The molecule has 0 bridgehead atoms. The maximum Gasteiger partial charge on any atom is 0.343 e. The molecule has 0 aliphatic heterocycles. The average Bonchev–Trinajstić information content (AvgIpc) is 3.10. The topological polar surface area (TPSA) is 96.4 Å². The number of nitrogens with one attached hydrogen (secondary N) is 2. The van der Waals surface area contributed by atoms with Gasteiger partial charge in [0.05, 0.1) is 16.3 Å². The van der Waals surface area contributed by atoms with E-state index in [4.69, 9.17) is 4.74 Å². The van der Waals surface area contributed by atoms with Gasteiger partial charge in [-0.15, -0.1) is 0 Å². The van der Waals surface area contributed by atoms with Crippen molar-refractivity contribution in [2.75, 3.05) is 0 Å². The number of nitrogens with zero attached hydrogens (tertiary/aromatic N) is 2. The van der Waals surface area contributed by atoms with E-state index in [1.165, 1.54) is 24.4 Å². The molecule has 10 heteroatoms. The Morgan fingerprint density at radius 2 is 2.03 bits per heavy atom. The summed E-state index contributed by atoms with van der Waals surface area (Å²) in [5, 5.41) is 10.4. The molecule has 2 aromatic carbocycles. The van der Waals surface area contributed by atoms with E-state index in [1.54, 1.807) is 25.1 Å². The van der Waals surface area contributed by atoms with Crippen LogP contribution >= 0.6 is 31.9 Å². The highest BCUT2D eigenvalue weighted by Gasteiger charge is 2.16. The lowest BCUT2D eigenvalue weighted by Gasteiger charge is -2.10. The monoisotopic (exact) mass is 522 g/mol. The molecular formula is C19H13Br2FN4O3. The number of esters is 1. The van der Waals surface area contributed by atoms with Crippen LogP contribution in [0.1, 0.15) is 32.1 Å². The SMILES string of the molecule is Cc1cc(C(=O)N/N=C/c2cc(Br)cc(Br)c2OC(=O)c2cccc(F)c2)n[nH]1. The molecule has 1 amide bonds. The van der Waals surface area contributed by atoms with Crippen LogP contribution in [0.3, 0.4) is 0 Å². The molecule has 148 valence electrons. The smallest absolute Gasteiger partial charge is 0.343 e. The number of hydrazone groups is 1. The molecule has 0 spiro atoms. The second-order valence-corrected chi connectivity index (χ2v) is 7.61. The lowest BCUT2D eigenvalue weighted by molar-refractivity contribution is 0.0732. The number of amides is 1. The predicted molar refractivity (Wildman–Crippen MR) is 112 cm³/mol. The van der Waals surface area contributed by atoms with E-state index in [1.807, 2.05) is 0 Å². The van der Waals surface area contributed by atoms with Gasteiger partial charge in [-0.3, -0.25) is 9.89 Å². The lowest BCUT2D eigenvalue weighted by Crippen LogP contribution is -2.18. The minimum absolute atomic E-state index is 0.0601. The number of rotatable bonds is 5. The number of aromatic nitrogens is 2. The molecule has 0 radical (unpaired) electrons. The highest BCUT2D eigenvalue weighted by molar-refractivity contribution is 9.11. The van der Waals surface area contributed by atoms with E-state index in [0.717, 1.165) is 11.8 Å². The minimum atomic E-state index is -0.738. The van der Waals surface area contributed by atoms with Crippen LogP contribution < -0.4 is 10.2 Å². The average molecular weight is 524 g/mol. The van der Waals surface area contributed by atoms with Crippen LogP contribution in [0.5, 0.6) is 5.75 Å². The molecule has 1 heterocycles. The molecule has 0 fully saturated rings. The zero-order chi connectivity index (χ0) is 21.0. The quantitative estimate of drug-likeness (QED) is 0.225. The van der Waals surface area contributed by atoms with Crippen LogP contribution in [0.2, 0.25) is 0 Å². The Hall–Kier alpha value is -2.85. The Labute approximate surface area is 181 Å². The number of halogens is 3. The summed E-state index contributed by atoms with van der Waals surface area (Å²) in [4.78, 5) is 24.4. The van der Waals surface area contributed by atoms with Crippen molar-refractivity contribution in [3.05, 3.63) is 79.7 Å². The van der Waals surface area contributed by atoms with Gasteiger partial charge in [-0.25, -0.2) is 14.6 Å². The standard InChI is InChI=1S/C19H13Br2FN4O3/c1-10-5-16(25-24-10)18(27)26-23-9-12-6-13(20)8-15(21)17(12)29-19(28)11-3-2-4-14(22)7-11/h2-9H,1H3,(H,24,25)(H,26,27)/b23-9+. The molecule has 0 saturated carbocycles. The van der Waals surface area contributed by atoms with Crippen LogP contribution in [-0.4, -0.2) is 28.3 Å². The van der Waals surface area contributed by atoms with Crippen molar-refractivity contribution in [1.29, 1.82) is 0 Å². The van der Waals surface area contributed by atoms with E-state index in [0.29, 0.717) is 14.5 Å². The third-order valence-electron chi connectivity index (χ3n) is 3.60. The number of ether oxygens (including phenoxy) is 1. The molecule has 0 atom stereocenters. The van der Waals surface area contributed by atoms with E-state index >= 15 is 0 Å². The molecule has 3 rings (SSSR count). The summed E-state index contributed by atoms with van der Waals surface area (Å²) in [6.07, 6.45) is 1.32. The number of benzene rings is 2. The third-order valence-corrected chi connectivity index (χ3v) is 4.65. The molecule has 0 saturated heterocycles. The van der Waals surface area contributed by atoms with Crippen molar-refractivity contribution in [1.82, 2.24) is 15.6 Å². The van der Waals surface area contributed by atoms with E-state index in [2.05, 4.69) is 52.6 Å². The van der Waals surface area contributed by atoms with E-state index in [-0.39, 0.29) is 17.0 Å². The Morgan fingerprint density at radius 3 is 2.72 bits per heavy atom. The molecule has 0 unspecified atom stereocenters. The summed E-state index contributed by atoms with van der Waals surface area (Å²) in [5.41, 5.74) is 3.73. The molecule has 2 N–H and O–H groups in total. The van der Waals surface area contributed by atoms with Crippen LogP contribution in [0, 0.1) is 12.7 Å². The maximum absolute atomic E-state index is 13.4. The zero-order valence-electron chi connectivity index (χ0n) is 14.9.